The highest BCUT2D eigenvalue weighted by atomic mass is 32.2. The predicted molar refractivity (Wildman–Crippen MR) is 77.3 cm³/mol. The van der Waals surface area contributed by atoms with Crippen molar-refractivity contribution in [1.82, 2.24) is 4.72 Å². The second-order valence-corrected chi connectivity index (χ2v) is 7.13. The molecule has 2 atom stereocenters. The maximum absolute atomic E-state index is 12.5. The summed E-state index contributed by atoms with van der Waals surface area (Å²) in [4.78, 5) is 0.229. The minimum Gasteiger partial charge on any atom is -0.398 e. The lowest BCUT2D eigenvalue weighted by Gasteiger charge is -2.29. The molecule has 0 spiro atoms. The Balaban J connectivity index is 2.27. The topological polar surface area (TPSA) is 72.2 Å². The number of aryl methyl sites for hydroxylation is 1. The molecular weight excluding hydrogens is 260 g/mol. The molecule has 0 aromatic heterocycles. The smallest absolute Gasteiger partial charge is 0.243 e. The lowest BCUT2D eigenvalue weighted by Crippen LogP contribution is -2.41. The molecule has 2 unspecified atom stereocenters. The highest BCUT2D eigenvalue weighted by Gasteiger charge is 2.28. The molecule has 0 saturated heterocycles. The summed E-state index contributed by atoms with van der Waals surface area (Å²) in [6.45, 7) is 3.88. The molecule has 0 radical (unpaired) electrons. The molecule has 1 saturated carbocycles. The Hall–Kier alpha value is -1.07. The Bertz CT molecular complexity index is 534. The number of sulfonamides is 1. The number of anilines is 1. The van der Waals surface area contributed by atoms with E-state index in [2.05, 4.69) is 11.6 Å². The Labute approximate surface area is 115 Å². The number of nitrogens with one attached hydrogen (secondary N) is 1. The normalized spacial score (nSPS) is 24.3. The van der Waals surface area contributed by atoms with E-state index < -0.39 is 10.0 Å². The number of hydrogen-bond donors (Lipinski definition) is 2. The fourth-order valence-corrected chi connectivity index (χ4v) is 4.53. The van der Waals surface area contributed by atoms with Crippen LogP contribution in [0.1, 0.15) is 38.2 Å². The minimum absolute atomic E-state index is 0.0257. The standard InChI is InChI=1S/C14H22N2O2S/c1-10-6-3-4-9-13(10)16-19(17,18)14-11(2)7-5-8-12(14)15/h5,7-8,10,13,16H,3-4,6,9,15H2,1-2H3. The second-order valence-electron chi connectivity index (χ2n) is 5.48. The van der Waals surface area contributed by atoms with E-state index in [9.17, 15) is 8.42 Å². The third kappa shape index (κ3) is 3.09. The second kappa shape index (κ2) is 5.51. The van der Waals surface area contributed by atoms with Crippen LogP contribution in [0.4, 0.5) is 5.69 Å². The summed E-state index contributed by atoms with van der Waals surface area (Å²) in [5.41, 5.74) is 6.83. The molecule has 1 fully saturated rings. The molecule has 2 rings (SSSR count). The van der Waals surface area contributed by atoms with Crippen LogP contribution in [0.5, 0.6) is 0 Å². The first kappa shape index (κ1) is 14.3. The van der Waals surface area contributed by atoms with Crippen LogP contribution in [0.3, 0.4) is 0 Å². The van der Waals surface area contributed by atoms with Crippen LogP contribution in [-0.4, -0.2) is 14.5 Å². The van der Waals surface area contributed by atoms with E-state index in [4.69, 9.17) is 5.73 Å². The summed E-state index contributed by atoms with van der Waals surface area (Å²) in [6.07, 6.45) is 4.26. The number of hydrogen-bond acceptors (Lipinski definition) is 3. The molecule has 19 heavy (non-hydrogen) atoms. The summed E-state index contributed by atoms with van der Waals surface area (Å²) >= 11 is 0. The van der Waals surface area contributed by atoms with E-state index >= 15 is 0 Å². The minimum atomic E-state index is -3.53. The summed E-state index contributed by atoms with van der Waals surface area (Å²) in [5.74, 6) is 0.383. The number of benzene rings is 1. The molecular formula is C14H22N2O2S. The van der Waals surface area contributed by atoms with Gasteiger partial charge in [-0.05, 0) is 37.3 Å². The van der Waals surface area contributed by atoms with Crippen molar-refractivity contribution in [3.63, 3.8) is 0 Å². The zero-order valence-corrected chi connectivity index (χ0v) is 12.3. The highest BCUT2D eigenvalue weighted by Crippen LogP contribution is 2.27. The monoisotopic (exact) mass is 282 g/mol. The maximum atomic E-state index is 12.5. The van der Waals surface area contributed by atoms with Gasteiger partial charge in [-0.15, -0.1) is 0 Å². The lowest BCUT2D eigenvalue weighted by molar-refractivity contribution is 0.310. The van der Waals surface area contributed by atoms with Gasteiger partial charge in [0.15, 0.2) is 0 Å². The molecule has 4 nitrogen and oxygen atoms in total. The van der Waals surface area contributed by atoms with E-state index in [1.807, 2.05) is 0 Å². The molecule has 1 aromatic rings. The number of rotatable bonds is 3. The van der Waals surface area contributed by atoms with Gasteiger partial charge in [-0.1, -0.05) is 31.9 Å². The van der Waals surface area contributed by atoms with Gasteiger partial charge in [-0.3, -0.25) is 0 Å². The van der Waals surface area contributed by atoms with Crippen molar-refractivity contribution < 1.29 is 8.42 Å². The van der Waals surface area contributed by atoms with E-state index in [1.54, 1.807) is 25.1 Å². The molecule has 0 heterocycles. The summed E-state index contributed by atoms with van der Waals surface area (Å²) in [5, 5.41) is 0. The fraction of sp³-hybridized carbons (Fsp3) is 0.571. The third-order valence-corrected chi connectivity index (χ3v) is 5.64. The summed E-state index contributed by atoms with van der Waals surface area (Å²) in [6, 6.07) is 5.20. The Morgan fingerprint density at radius 1 is 1.26 bits per heavy atom. The van der Waals surface area contributed by atoms with Gasteiger partial charge >= 0.3 is 0 Å². The van der Waals surface area contributed by atoms with Crippen LogP contribution in [0, 0.1) is 12.8 Å². The Morgan fingerprint density at radius 3 is 2.58 bits per heavy atom. The van der Waals surface area contributed by atoms with E-state index in [0.717, 1.165) is 19.3 Å². The van der Waals surface area contributed by atoms with Crippen molar-refractivity contribution in [2.45, 2.75) is 50.5 Å². The zero-order chi connectivity index (χ0) is 14.0. The van der Waals surface area contributed by atoms with Crippen LogP contribution in [0.2, 0.25) is 0 Å². The van der Waals surface area contributed by atoms with Crippen molar-refractivity contribution >= 4 is 15.7 Å². The Kier molecular flexibility index (Phi) is 4.16. The molecule has 3 N–H and O–H groups in total. The quantitative estimate of drug-likeness (QED) is 0.836. The van der Waals surface area contributed by atoms with Crippen LogP contribution in [0.15, 0.2) is 23.1 Å². The first-order valence-electron chi connectivity index (χ1n) is 6.79. The molecule has 1 aliphatic rings. The van der Waals surface area contributed by atoms with E-state index in [1.165, 1.54) is 6.42 Å². The fourth-order valence-electron chi connectivity index (χ4n) is 2.79. The average molecular weight is 282 g/mol. The van der Waals surface area contributed by atoms with Gasteiger partial charge in [-0.25, -0.2) is 13.1 Å². The molecule has 106 valence electrons. The largest absolute Gasteiger partial charge is 0.398 e. The van der Waals surface area contributed by atoms with Crippen LogP contribution < -0.4 is 10.5 Å². The molecule has 1 aromatic carbocycles. The van der Waals surface area contributed by atoms with Crippen LogP contribution in [-0.2, 0) is 10.0 Å². The van der Waals surface area contributed by atoms with Gasteiger partial charge in [-0.2, -0.15) is 0 Å². The lowest BCUT2D eigenvalue weighted by atomic mass is 9.87. The molecule has 0 amide bonds. The number of nitrogen functional groups attached to an aromatic ring is 1. The average Bonchev–Trinajstić information content (AvgIpc) is 2.31. The summed E-state index contributed by atoms with van der Waals surface area (Å²) < 4.78 is 27.8. The summed E-state index contributed by atoms with van der Waals surface area (Å²) in [7, 11) is -3.53. The van der Waals surface area contributed by atoms with Gasteiger partial charge in [0.1, 0.15) is 4.90 Å². The SMILES string of the molecule is Cc1cccc(N)c1S(=O)(=O)NC1CCCCC1C. The van der Waals surface area contributed by atoms with E-state index in [0.29, 0.717) is 17.2 Å². The zero-order valence-electron chi connectivity index (χ0n) is 11.5. The van der Waals surface area contributed by atoms with Crippen molar-refractivity contribution in [2.24, 2.45) is 5.92 Å². The van der Waals surface area contributed by atoms with Gasteiger partial charge in [0, 0.05) is 6.04 Å². The first-order chi connectivity index (χ1) is 8.92. The van der Waals surface area contributed by atoms with Gasteiger partial charge in [0.2, 0.25) is 10.0 Å². The third-order valence-electron chi connectivity index (χ3n) is 3.93. The first-order valence-corrected chi connectivity index (χ1v) is 8.27. The maximum Gasteiger partial charge on any atom is 0.243 e. The molecule has 0 aliphatic heterocycles. The Morgan fingerprint density at radius 2 is 1.95 bits per heavy atom. The van der Waals surface area contributed by atoms with Gasteiger partial charge in [0.05, 0.1) is 5.69 Å². The van der Waals surface area contributed by atoms with Crippen LogP contribution in [0.25, 0.3) is 0 Å². The van der Waals surface area contributed by atoms with Crippen molar-refractivity contribution in [1.29, 1.82) is 0 Å². The number of nitrogens with two attached hydrogens (primary N) is 1. The van der Waals surface area contributed by atoms with Crippen LogP contribution >= 0.6 is 0 Å². The predicted octanol–water partition coefficient (Wildman–Crippen LogP) is 2.43. The highest BCUT2D eigenvalue weighted by molar-refractivity contribution is 7.89. The van der Waals surface area contributed by atoms with Crippen molar-refractivity contribution in [2.75, 3.05) is 5.73 Å². The molecule has 5 heteroatoms. The van der Waals surface area contributed by atoms with Gasteiger partial charge < -0.3 is 5.73 Å². The molecule has 0 bridgehead atoms. The molecule has 1 aliphatic carbocycles. The van der Waals surface area contributed by atoms with Crippen molar-refractivity contribution in [3.8, 4) is 0 Å². The van der Waals surface area contributed by atoms with E-state index in [-0.39, 0.29) is 10.9 Å². The van der Waals surface area contributed by atoms with Crippen molar-refractivity contribution in [3.05, 3.63) is 23.8 Å². The van der Waals surface area contributed by atoms with Gasteiger partial charge in [0.25, 0.3) is 0 Å².